The molecule has 4 heteroatoms. The number of hydrogen-bond donors (Lipinski definition) is 1. The van der Waals surface area contributed by atoms with Crippen LogP contribution in [-0.2, 0) is 14.3 Å². The fourth-order valence-corrected chi connectivity index (χ4v) is 1.94. The lowest BCUT2D eigenvalue weighted by Crippen LogP contribution is -2.37. The van der Waals surface area contributed by atoms with Crippen molar-refractivity contribution in [2.45, 2.75) is 39.2 Å². The minimum Gasteiger partial charge on any atom is -0.481 e. The zero-order valence-electron chi connectivity index (χ0n) is 10.9. The number of carbonyl (C=O) groups excluding carboxylic acids is 1. The first-order valence-electron chi connectivity index (χ1n) is 5.86. The number of hydrogen-bond acceptors (Lipinski definition) is 3. The Hall–Kier alpha value is -1.76. The van der Waals surface area contributed by atoms with Gasteiger partial charge in [-0.3, -0.25) is 9.59 Å². The van der Waals surface area contributed by atoms with Crippen LogP contribution in [0.5, 0.6) is 0 Å². The highest BCUT2D eigenvalue weighted by Crippen LogP contribution is 2.31. The normalized spacial score (nSPS) is 23.8. The molecule has 2 atom stereocenters. The van der Waals surface area contributed by atoms with E-state index in [0.29, 0.717) is 12.8 Å². The highest BCUT2D eigenvalue weighted by atomic mass is 16.6. The Morgan fingerprint density at radius 1 is 1.50 bits per heavy atom. The topological polar surface area (TPSA) is 63.6 Å². The van der Waals surface area contributed by atoms with E-state index in [2.05, 4.69) is 5.92 Å². The van der Waals surface area contributed by atoms with E-state index in [1.54, 1.807) is 13.8 Å². The van der Waals surface area contributed by atoms with Crippen LogP contribution in [0.2, 0.25) is 0 Å². The summed E-state index contributed by atoms with van der Waals surface area (Å²) >= 11 is 0. The van der Waals surface area contributed by atoms with Gasteiger partial charge in [0.05, 0.1) is 11.8 Å². The number of allylic oxidation sites excluding steroid dienone is 2. The number of rotatable bonds is 3. The van der Waals surface area contributed by atoms with Crippen molar-refractivity contribution < 1.29 is 19.4 Å². The van der Waals surface area contributed by atoms with Crippen molar-refractivity contribution in [3.63, 3.8) is 0 Å². The standard InChI is InChI=1S/C14H18O4/c1-5-14(3,4)18-13(17)11-8-9(2)6-7-10(11)12(15)16/h1,6,10-11H,7-8H2,2-4H3,(H,15,16)/t10-,11+/m1/s1. The predicted octanol–water partition coefficient (Wildman–Crippen LogP) is 2.00. The van der Waals surface area contributed by atoms with Crippen molar-refractivity contribution >= 4 is 11.9 Å². The van der Waals surface area contributed by atoms with Gasteiger partial charge in [0.25, 0.3) is 0 Å². The third-order valence-corrected chi connectivity index (χ3v) is 3.07. The van der Waals surface area contributed by atoms with Gasteiger partial charge in [0.2, 0.25) is 0 Å². The summed E-state index contributed by atoms with van der Waals surface area (Å²) in [6.07, 6.45) is 7.88. The predicted molar refractivity (Wildman–Crippen MR) is 66.6 cm³/mol. The van der Waals surface area contributed by atoms with Crippen molar-refractivity contribution in [2.75, 3.05) is 0 Å². The molecule has 0 aromatic rings. The van der Waals surface area contributed by atoms with E-state index in [1.807, 2.05) is 13.0 Å². The average Bonchev–Trinajstić information content (AvgIpc) is 2.28. The Labute approximate surface area is 107 Å². The highest BCUT2D eigenvalue weighted by molar-refractivity contribution is 5.82. The van der Waals surface area contributed by atoms with E-state index in [1.165, 1.54) is 0 Å². The molecule has 0 bridgehead atoms. The second kappa shape index (κ2) is 5.26. The van der Waals surface area contributed by atoms with Gasteiger partial charge in [-0.15, -0.1) is 6.42 Å². The number of carboxylic acid groups (broad SMARTS) is 1. The minimum absolute atomic E-state index is 0.359. The maximum atomic E-state index is 12.0. The molecule has 0 radical (unpaired) electrons. The van der Waals surface area contributed by atoms with E-state index in [4.69, 9.17) is 16.3 Å². The molecule has 0 amide bonds. The molecule has 0 aromatic carbocycles. The lowest BCUT2D eigenvalue weighted by Gasteiger charge is -2.29. The summed E-state index contributed by atoms with van der Waals surface area (Å²) in [5.41, 5.74) is 0.00261. The van der Waals surface area contributed by atoms with Gasteiger partial charge >= 0.3 is 11.9 Å². The van der Waals surface area contributed by atoms with Gasteiger partial charge in [0, 0.05) is 0 Å². The molecule has 4 nitrogen and oxygen atoms in total. The first kappa shape index (κ1) is 14.3. The van der Waals surface area contributed by atoms with Crippen LogP contribution in [0.15, 0.2) is 11.6 Å². The molecule has 0 saturated carbocycles. The summed E-state index contributed by atoms with van der Waals surface area (Å²) in [4.78, 5) is 23.2. The third-order valence-electron chi connectivity index (χ3n) is 3.07. The number of carboxylic acids is 1. The Morgan fingerprint density at radius 2 is 2.11 bits per heavy atom. The molecule has 0 saturated heterocycles. The Bertz CT molecular complexity index is 426. The molecule has 0 unspecified atom stereocenters. The second-order valence-electron chi connectivity index (χ2n) is 5.12. The highest BCUT2D eigenvalue weighted by Gasteiger charge is 2.38. The summed E-state index contributed by atoms with van der Waals surface area (Å²) in [6.45, 7) is 5.09. The van der Waals surface area contributed by atoms with Crippen LogP contribution < -0.4 is 0 Å². The van der Waals surface area contributed by atoms with Crippen LogP contribution in [0.3, 0.4) is 0 Å². The quantitative estimate of drug-likeness (QED) is 0.472. The molecule has 98 valence electrons. The van der Waals surface area contributed by atoms with Gasteiger partial charge in [-0.1, -0.05) is 17.6 Å². The molecule has 0 heterocycles. The van der Waals surface area contributed by atoms with Crippen molar-refractivity contribution in [1.29, 1.82) is 0 Å². The smallest absolute Gasteiger partial charge is 0.311 e. The van der Waals surface area contributed by atoms with Crippen LogP contribution >= 0.6 is 0 Å². The summed E-state index contributed by atoms with van der Waals surface area (Å²) in [5, 5.41) is 9.12. The number of ether oxygens (including phenoxy) is 1. The maximum Gasteiger partial charge on any atom is 0.311 e. The third kappa shape index (κ3) is 3.36. The molecule has 1 N–H and O–H groups in total. The first-order chi connectivity index (χ1) is 8.26. The van der Waals surface area contributed by atoms with E-state index in [-0.39, 0.29) is 0 Å². The van der Waals surface area contributed by atoms with Crippen LogP contribution in [-0.4, -0.2) is 22.6 Å². The Balaban J connectivity index is 2.86. The molecule has 18 heavy (non-hydrogen) atoms. The molecule has 1 rings (SSSR count). The van der Waals surface area contributed by atoms with Gasteiger partial charge in [-0.2, -0.15) is 0 Å². The van der Waals surface area contributed by atoms with Crippen LogP contribution in [0, 0.1) is 24.2 Å². The fraction of sp³-hybridized carbons (Fsp3) is 0.571. The molecule has 1 aliphatic rings. The lowest BCUT2D eigenvalue weighted by molar-refractivity contribution is -0.164. The van der Waals surface area contributed by atoms with Crippen molar-refractivity contribution in [2.24, 2.45) is 11.8 Å². The second-order valence-corrected chi connectivity index (χ2v) is 5.12. The molecule has 1 aliphatic carbocycles. The number of terminal acetylenes is 1. The Kier molecular flexibility index (Phi) is 4.18. The number of esters is 1. The first-order valence-corrected chi connectivity index (χ1v) is 5.86. The Morgan fingerprint density at radius 3 is 2.61 bits per heavy atom. The average molecular weight is 250 g/mol. The van der Waals surface area contributed by atoms with E-state index >= 15 is 0 Å². The maximum absolute atomic E-state index is 12.0. The molecule has 0 aliphatic heterocycles. The monoisotopic (exact) mass is 250 g/mol. The van der Waals surface area contributed by atoms with Crippen LogP contribution in [0.1, 0.15) is 33.6 Å². The van der Waals surface area contributed by atoms with Gasteiger partial charge in [0.15, 0.2) is 5.60 Å². The number of carbonyl (C=O) groups is 2. The summed E-state index contributed by atoms with van der Waals surface area (Å²) in [6, 6.07) is 0. The van der Waals surface area contributed by atoms with Crippen molar-refractivity contribution in [3.05, 3.63) is 11.6 Å². The zero-order chi connectivity index (χ0) is 13.9. The van der Waals surface area contributed by atoms with Crippen molar-refractivity contribution in [3.8, 4) is 12.3 Å². The molecular formula is C14H18O4. The van der Waals surface area contributed by atoms with Crippen LogP contribution in [0.4, 0.5) is 0 Å². The van der Waals surface area contributed by atoms with E-state index in [0.717, 1.165) is 5.57 Å². The molecule has 0 aromatic heterocycles. The van der Waals surface area contributed by atoms with Crippen molar-refractivity contribution in [1.82, 2.24) is 0 Å². The fourth-order valence-electron chi connectivity index (χ4n) is 1.94. The molecule has 0 spiro atoms. The van der Waals surface area contributed by atoms with E-state index < -0.39 is 29.4 Å². The van der Waals surface area contributed by atoms with Gasteiger partial charge in [0.1, 0.15) is 0 Å². The van der Waals surface area contributed by atoms with E-state index in [9.17, 15) is 9.59 Å². The summed E-state index contributed by atoms with van der Waals surface area (Å²) < 4.78 is 5.19. The van der Waals surface area contributed by atoms with Gasteiger partial charge < -0.3 is 9.84 Å². The summed E-state index contributed by atoms with van der Waals surface area (Å²) in [7, 11) is 0. The number of aliphatic carboxylic acids is 1. The largest absolute Gasteiger partial charge is 0.481 e. The molecular weight excluding hydrogens is 232 g/mol. The molecule has 0 fully saturated rings. The van der Waals surface area contributed by atoms with Crippen LogP contribution in [0.25, 0.3) is 0 Å². The van der Waals surface area contributed by atoms with Gasteiger partial charge in [-0.05, 0) is 33.6 Å². The SMILES string of the molecule is C#CC(C)(C)OC(=O)[C@H]1CC(C)=CC[C@H]1C(=O)O. The lowest BCUT2D eigenvalue weighted by atomic mass is 9.80. The minimum atomic E-state index is -1.00. The zero-order valence-corrected chi connectivity index (χ0v) is 10.9. The summed E-state index contributed by atoms with van der Waals surface area (Å²) in [5.74, 6) is -0.521. The van der Waals surface area contributed by atoms with Gasteiger partial charge in [-0.25, -0.2) is 0 Å².